The van der Waals surface area contributed by atoms with Crippen LogP contribution in [0.2, 0.25) is 0 Å². The maximum Gasteiger partial charge on any atom is 0.251 e. The van der Waals surface area contributed by atoms with E-state index in [-0.39, 0.29) is 17.6 Å². The normalized spacial score (nSPS) is 24.3. The van der Waals surface area contributed by atoms with E-state index in [4.69, 9.17) is 4.74 Å². The highest BCUT2D eigenvalue weighted by atomic mass is 16.5. The van der Waals surface area contributed by atoms with Gasteiger partial charge in [0.25, 0.3) is 11.5 Å². The van der Waals surface area contributed by atoms with Crippen molar-refractivity contribution in [3.8, 4) is 0 Å². The average Bonchev–Trinajstić information content (AvgIpc) is 3.26. The number of hydrogen-bond acceptors (Lipinski definition) is 3. The van der Waals surface area contributed by atoms with E-state index in [2.05, 4.69) is 0 Å². The van der Waals surface area contributed by atoms with E-state index >= 15 is 0 Å². The van der Waals surface area contributed by atoms with E-state index in [0.29, 0.717) is 19.1 Å². The lowest BCUT2D eigenvalue weighted by atomic mass is 10.1. The zero-order valence-electron chi connectivity index (χ0n) is 13.5. The molecular formula is C18H24N2O3. The number of fused-ring (bicyclic) bond motifs is 1. The molecule has 0 bridgehead atoms. The summed E-state index contributed by atoms with van der Waals surface area (Å²) in [5.41, 5.74) is 2.48. The number of ether oxygens (including phenoxy) is 1. The molecule has 3 heterocycles. The Kier molecular flexibility index (Phi) is 3.97. The van der Waals surface area contributed by atoms with Crippen molar-refractivity contribution in [2.45, 2.75) is 51.2 Å². The lowest BCUT2D eigenvalue weighted by Crippen LogP contribution is -2.40. The minimum Gasteiger partial charge on any atom is -0.368 e. The van der Waals surface area contributed by atoms with Crippen molar-refractivity contribution < 1.29 is 9.53 Å². The number of carbonyl (C=O) groups excluding carboxylic acids is 1. The fourth-order valence-corrected chi connectivity index (χ4v) is 3.75. The van der Waals surface area contributed by atoms with Crippen LogP contribution >= 0.6 is 0 Å². The Labute approximate surface area is 136 Å². The summed E-state index contributed by atoms with van der Waals surface area (Å²) in [7, 11) is 0. The van der Waals surface area contributed by atoms with Gasteiger partial charge >= 0.3 is 0 Å². The smallest absolute Gasteiger partial charge is 0.251 e. The molecule has 0 spiro atoms. The summed E-state index contributed by atoms with van der Waals surface area (Å²) in [6, 6.07) is 3.65. The number of hydrogen-bond donors (Lipinski definition) is 0. The highest BCUT2D eigenvalue weighted by Crippen LogP contribution is 2.31. The molecule has 5 heteroatoms. The predicted molar refractivity (Wildman–Crippen MR) is 86.4 cm³/mol. The van der Waals surface area contributed by atoms with Gasteiger partial charge in [-0.15, -0.1) is 0 Å². The third-order valence-electron chi connectivity index (χ3n) is 5.31. The van der Waals surface area contributed by atoms with E-state index in [1.165, 1.54) is 18.4 Å². The van der Waals surface area contributed by atoms with Crippen LogP contribution in [0.3, 0.4) is 0 Å². The van der Waals surface area contributed by atoms with Crippen molar-refractivity contribution in [3.63, 3.8) is 0 Å². The van der Waals surface area contributed by atoms with Crippen molar-refractivity contribution in [1.82, 2.24) is 9.47 Å². The fourth-order valence-electron chi connectivity index (χ4n) is 3.75. The van der Waals surface area contributed by atoms with Gasteiger partial charge in [-0.3, -0.25) is 9.59 Å². The predicted octanol–water partition coefficient (Wildman–Crippen LogP) is 1.36. The largest absolute Gasteiger partial charge is 0.368 e. The van der Waals surface area contributed by atoms with Gasteiger partial charge in [0, 0.05) is 44.4 Å². The highest BCUT2D eigenvalue weighted by Gasteiger charge is 2.30. The molecule has 1 aromatic heterocycles. The van der Waals surface area contributed by atoms with Crippen LogP contribution in [-0.2, 0) is 28.9 Å². The summed E-state index contributed by atoms with van der Waals surface area (Å²) in [6.07, 6.45) is 5.65. The quantitative estimate of drug-likeness (QED) is 0.846. The summed E-state index contributed by atoms with van der Waals surface area (Å²) in [4.78, 5) is 26.8. The average molecular weight is 316 g/mol. The molecule has 1 atom stereocenters. The molecule has 2 fully saturated rings. The molecule has 3 aliphatic rings. The molecule has 0 N–H and O–H groups in total. The number of pyridine rings is 1. The Morgan fingerprint density at radius 2 is 2.00 bits per heavy atom. The third kappa shape index (κ3) is 3.07. The van der Waals surface area contributed by atoms with Gasteiger partial charge in [0.05, 0.1) is 0 Å². The monoisotopic (exact) mass is 316 g/mol. The Hall–Kier alpha value is -1.62. The van der Waals surface area contributed by atoms with E-state index in [0.717, 1.165) is 44.5 Å². The van der Waals surface area contributed by atoms with Crippen LogP contribution in [0, 0.1) is 5.92 Å². The first-order chi connectivity index (χ1) is 11.2. The second-order valence-corrected chi connectivity index (χ2v) is 7.02. The minimum atomic E-state index is -0.245. The van der Waals surface area contributed by atoms with Gasteiger partial charge in [-0.1, -0.05) is 6.07 Å². The first-order valence-electron chi connectivity index (χ1n) is 8.84. The molecular weight excluding hydrogens is 292 g/mol. The molecule has 1 aliphatic carbocycles. The molecule has 1 saturated heterocycles. The Morgan fingerprint density at radius 3 is 2.74 bits per heavy atom. The number of rotatable bonds is 3. The number of carbonyl (C=O) groups is 1. The van der Waals surface area contributed by atoms with Crippen LogP contribution in [0.15, 0.2) is 16.9 Å². The molecule has 0 aromatic carbocycles. The van der Waals surface area contributed by atoms with Gasteiger partial charge in [0.1, 0.15) is 6.10 Å². The number of aromatic nitrogens is 1. The molecule has 0 unspecified atom stereocenters. The SMILES string of the molecule is O=C([C@H]1CCCO1)N1CCc2ccc(=O)n(CC3CC3)c2CC1. The summed E-state index contributed by atoms with van der Waals surface area (Å²) in [5, 5.41) is 0. The summed E-state index contributed by atoms with van der Waals surface area (Å²) < 4.78 is 7.51. The number of amides is 1. The zero-order chi connectivity index (χ0) is 15.8. The maximum atomic E-state index is 12.6. The highest BCUT2D eigenvalue weighted by molar-refractivity contribution is 5.81. The van der Waals surface area contributed by atoms with E-state index in [9.17, 15) is 9.59 Å². The van der Waals surface area contributed by atoms with Crippen molar-refractivity contribution >= 4 is 5.91 Å². The molecule has 1 amide bonds. The third-order valence-corrected chi connectivity index (χ3v) is 5.31. The standard InChI is InChI=1S/C18H24N2O3/c21-17-6-5-14-7-9-19(18(22)16-2-1-11-23-16)10-8-15(14)20(17)12-13-3-4-13/h5-6,13,16H,1-4,7-12H2/t16-/m1/s1. The first kappa shape index (κ1) is 14.9. The Balaban J connectivity index is 1.53. The van der Waals surface area contributed by atoms with Gasteiger partial charge in [-0.05, 0) is 43.6 Å². The van der Waals surface area contributed by atoms with Crippen LogP contribution in [0.25, 0.3) is 0 Å². The topological polar surface area (TPSA) is 51.5 Å². The number of nitrogens with zero attached hydrogens (tertiary/aromatic N) is 2. The van der Waals surface area contributed by atoms with Crippen molar-refractivity contribution in [3.05, 3.63) is 33.7 Å². The first-order valence-corrected chi connectivity index (χ1v) is 8.84. The van der Waals surface area contributed by atoms with E-state index < -0.39 is 0 Å². The maximum absolute atomic E-state index is 12.6. The summed E-state index contributed by atoms with van der Waals surface area (Å²) in [5.74, 6) is 0.804. The fraction of sp³-hybridized carbons (Fsp3) is 0.667. The van der Waals surface area contributed by atoms with Crippen LogP contribution in [0.5, 0.6) is 0 Å². The van der Waals surface area contributed by atoms with Gasteiger partial charge in [-0.2, -0.15) is 0 Å². The van der Waals surface area contributed by atoms with E-state index in [1.807, 2.05) is 15.5 Å². The van der Waals surface area contributed by atoms with Gasteiger partial charge < -0.3 is 14.2 Å². The van der Waals surface area contributed by atoms with Crippen LogP contribution in [-0.4, -0.2) is 41.2 Å². The lowest BCUT2D eigenvalue weighted by molar-refractivity contribution is -0.140. The van der Waals surface area contributed by atoms with Crippen LogP contribution in [0.1, 0.15) is 36.9 Å². The minimum absolute atomic E-state index is 0.106. The zero-order valence-corrected chi connectivity index (χ0v) is 13.5. The van der Waals surface area contributed by atoms with Gasteiger partial charge in [0.15, 0.2) is 0 Å². The molecule has 23 heavy (non-hydrogen) atoms. The van der Waals surface area contributed by atoms with Crippen LogP contribution in [0.4, 0.5) is 0 Å². The van der Waals surface area contributed by atoms with Crippen molar-refractivity contribution in [2.24, 2.45) is 5.92 Å². The molecule has 4 rings (SSSR count). The lowest BCUT2D eigenvalue weighted by Gasteiger charge is -2.23. The molecule has 124 valence electrons. The molecule has 5 nitrogen and oxygen atoms in total. The van der Waals surface area contributed by atoms with Gasteiger partial charge in [0.2, 0.25) is 0 Å². The molecule has 1 saturated carbocycles. The van der Waals surface area contributed by atoms with Crippen molar-refractivity contribution in [2.75, 3.05) is 19.7 Å². The van der Waals surface area contributed by atoms with E-state index in [1.54, 1.807) is 6.07 Å². The molecule has 1 aromatic rings. The second-order valence-electron chi connectivity index (χ2n) is 7.02. The second kappa shape index (κ2) is 6.11. The van der Waals surface area contributed by atoms with Gasteiger partial charge in [-0.25, -0.2) is 0 Å². The Bertz CT molecular complexity index is 657. The molecule has 0 radical (unpaired) electrons. The molecule has 2 aliphatic heterocycles. The summed E-state index contributed by atoms with van der Waals surface area (Å²) in [6.45, 7) is 2.97. The van der Waals surface area contributed by atoms with Crippen LogP contribution < -0.4 is 5.56 Å². The van der Waals surface area contributed by atoms with Crippen molar-refractivity contribution in [1.29, 1.82) is 0 Å². The Morgan fingerprint density at radius 1 is 1.17 bits per heavy atom. The summed E-state index contributed by atoms with van der Waals surface area (Å²) >= 11 is 0.